The number of hydrogen-bond acceptors (Lipinski definition) is 2. The number of aryl methyl sites for hydroxylation is 2. The fourth-order valence-corrected chi connectivity index (χ4v) is 0.790. The van der Waals surface area contributed by atoms with Gasteiger partial charge in [-0.1, -0.05) is 13.8 Å². The zero-order valence-electron chi connectivity index (χ0n) is 8.59. The van der Waals surface area contributed by atoms with Crippen LogP contribution in [0, 0.1) is 13.8 Å². The molecule has 3 nitrogen and oxygen atoms in total. The van der Waals surface area contributed by atoms with Gasteiger partial charge in [0.15, 0.2) is 0 Å². The van der Waals surface area contributed by atoms with Crippen LogP contribution in [0.1, 0.15) is 25.1 Å². The van der Waals surface area contributed by atoms with Crippen molar-refractivity contribution in [2.75, 3.05) is 5.32 Å². The number of carbonyl (C=O) groups excluding carboxylic acids is 1. The Morgan fingerprint density at radius 1 is 1.38 bits per heavy atom. The Morgan fingerprint density at radius 2 is 2.00 bits per heavy atom. The Balaban J connectivity index is 0.000000671. The quantitative estimate of drug-likeness (QED) is 0.709. The Labute approximate surface area is 79.2 Å². The third-order valence-corrected chi connectivity index (χ3v) is 1.57. The van der Waals surface area contributed by atoms with Crippen LogP contribution in [-0.2, 0) is 4.79 Å². The van der Waals surface area contributed by atoms with Gasteiger partial charge in [-0.15, -0.1) is 0 Å². The molecule has 1 aromatic heterocycles. The minimum Gasteiger partial charge on any atom is -0.327 e. The van der Waals surface area contributed by atoms with E-state index >= 15 is 0 Å². The highest BCUT2D eigenvalue weighted by Gasteiger charge is 1.94. The van der Waals surface area contributed by atoms with E-state index in [1.54, 1.807) is 6.20 Å². The molecule has 0 fully saturated rings. The molecule has 0 radical (unpaired) electrons. The summed E-state index contributed by atoms with van der Waals surface area (Å²) in [6, 6.07) is 1.89. The summed E-state index contributed by atoms with van der Waals surface area (Å²) in [6.45, 7) is 7.89. The number of carbonyl (C=O) groups is 1. The fraction of sp³-hybridized carbons (Fsp3) is 0.400. The summed E-state index contributed by atoms with van der Waals surface area (Å²) in [7, 11) is 0. The van der Waals surface area contributed by atoms with Crippen LogP contribution < -0.4 is 5.32 Å². The monoisotopic (exact) mass is 180 g/mol. The molecule has 3 heteroatoms. The molecular weight excluding hydrogens is 164 g/mol. The first-order valence-electron chi connectivity index (χ1n) is 4.37. The lowest BCUT2D eigenvalue weighted by molar-refractivity contribution is -0.105. The zero-order valence-corrected chi connectivity index (χ0v) is 8.59. The summed E-state index contributed by atoms with van der Waals surface area (Å²) < 4.78 is 0. The highest BCUT2D eigenvalue weighted by molar-refractivity contribution is 5.70. The van der Waals surface area contributed by atoms with Crippen molar-refractivity contribution in [2.45, 2.75) is 27.7 Å². The molecule has 0 bridgehead atoms. The summed E-state index contributed by atoms with van der Waals surface area (Å²) in [5.41, 5.74) is 2.81. The standard InChI is InChI=1S/C8H10N2O.C2H6/c1-6-3-8(10-5-11)4-9-7(6)2;1-2/h3-5H,1-2H3,(H,10,11);1-2H3. The maximum absolute atomic E-state index is 10.0. The molecule has 0 saturated carbocycles. The zero-order chi connectivity index (χ0) is 10.3. The van der Waals surface area contributed by atoms with Crippen molar-refractivity contribution < 1.29 is 4.79 Å². The van der Waals surface area contributed by atoms with Gasteiger partial charge in [0.25, 0.3) is 0 Å². The smallest absolute Gasteiger partial charge is 0.211 e. The molecule has 0 aromatic carbocycles. The van der Waals surface area contributed by atoms with Crippen molar-refractivity contribution in [3.63, 3.8) is 0 Å². The van der Waals surface area contributed by atoms with Crippen molar-refractivity contribution in [3.8, 4) is 0 Å². The van der Waals surface area contributed by atoms with Crippen LogP contribution in [-0.4, -0.2) is 11.4 Å². The number of anilines is 1. The van der Waals surface area contributed by atoms with E-state index in [1.165, 1.54) is 0 Å². The number of nitrogens with zero attached hydrogens (tertiary/aromatic N) is 1. The fourth-order valence-electron chi connectivity index (χ4n) is 0.790. The second-order valence-electron chi connectivity index (χ2n) is 2.39. The highest BCUT2D eigenvalue weighted by atomic mass is 16.1. The third kappa shape index (κ3) is 3.69. The molecule has 13 heavy (non-hydrogen) atoms. The first kappa shape index (κ1) is 11.6. The average Bonchev–Trinajstić information content (AvgIpc) is 2.15. The minimum atomic E-state index is 0.645. The summed E-state index contributed by atoms with van der Waals surface area (Å²) in [6.07, 6.45) is 2.28. The van der Waals surface area contributed by atoms with E-state index in [0.717, 1.165) is 16.9 Å². The lowest BCUT2D eigenvalue weighted by Crippen LogP contribution is -1.96. The molecule has 0 aliphatic rings. The molecule has 0 unspecified atom stereocenters. The first-order valence-corrected chi connectivity index (χ1v) is 4.37. The summed E-state index contributed by atoms with van der Waals surface area (Å²) >= 11 is 0. The van der Waals surface area contributed by atoms with Gasteiger partial charge < -0.3 is 5.32 Å². The van der Waals surface area contributed by atoms with Gasteiger partial charge in [-0.05, 0) is 25.5 Å². The van der Waals surface area contributed by atoms with Crippen molar-refractivity contribution in [1.82, 2.24) is 4.98 Å². The lowest BCUT2D eigenvalue weighted by atomic mass is 10.2. The predicted molar refractivity (Wildman–Crippen MR) is 54.7 cm³/mol. The van der Waals surface area contributed by atoms with Gasteiger partial charge in [-0.25, -0.2) is 0 Å². The van der Waals surface area contributed by atoms with Crippen LogP contribution in [0.3, 0.4) is 0 Å². The van der Waals surface area contributed by atoms with Crippen LogP contribution in [0.25, 0.3) is 0 Å². The summed E-state index contributed by atoms with van der Waals surface area (Å²) in [5, 5.41) is 2.53. The highest BCUT2D eigenvalue weighted by Crippen LogP contribution is 2.09. The SMILES string of the molecule is CC.Cc1cc(NC=O)cnc1C. The van der Waals surface area contributed by atoms with Gasteiger partial charge in [0.1, 0.15) is 0 Å². The van der Waals surface area contributed by atoms with Gasteiger partial charge in [0, 0.05) is 5.69 Å². The molecule has 0 aliphatic carbocycles. The van der Waals surface area contributed by atoms with Crippen LogP contribution in [0.2, 0.25) is 0 Å². The second kappa shape index (κ2) is 6.17. The largest absolute Gasteiger partial charge is 0.327 e. The van der Waals surface area contributed by atoms with E-state index in [2.05, 4.69) is 10.3 Å². The maximum Gasteiger partial charge on any atom is 0.211 e. The molecule has 0 spiro atoms. The number of rotatable bonds is 2. The first-order chi connectivity index (χ1) is 6.24. The molecule has 1 amide bonds. The van der Waals surface area contributed by atoms with E-state index in [1.807, 2.05) is 33.8 Å². The normalized spacial score (nSPS) is 8.31. The van der Waals surface area contributed by atoms with Crippen molar-refractivity contribution in [3.05, 3.63) is 23.5 Å². The van der Waals surface area contributed by atoms with E-state index in [4.69, 9.17) is 0 Å². The molecule has 72 valence electrons. The number of nitrogens with one attached hydrogen (secondary N) is 1. The Kier molecular flexibility index (Phi) is 5.52. The summed E-state index contributed by atoms with van der Waals surface area (Å²) in [5.74, 6) is 0. The molecule has 1 aromatic rings. The van der Waals surface area contributed by atoms with Crippen molar-refractivity contribution in [2.24, 2.45) is 0 Å². The molecule has 1 rings (SSSR count). The Morgan fingerprint density at radius 3 is 2.46 bits per heavy atom. The van der Waals surface area contributed by atoms with Crippen LogP contribution >= 0.6 is 0 Å². The van der Waals surface area contributed by atoms with E-state index in [9.17, 15) is 4.79 Å². The van der Waals surface area contributed by atoms with Gasteiger partial charge in [-0.2, -0.15) is 0 Å². The Bertz CT molecular complexity index is 272. The minimum absolute atomic E-state index is 0.645. The molecule has 0 aliphatic heterocycles. The predicted octanol–water partition coefficient (Wildman–Crippen LogP) is 2.29. The van der Waals surface area contributed by atoms with E-state index in [0.29, 0.717) is 6.41 Å². The van der Waals surface area contributed by atoms with Crippen LogP contribution in [0.4, 0.5) is 5.69 Å². The molecule has 1 N–H and O–H groups in total. The molecule has 1 heterocycles. The van der Waals surface area contributed by atoms with Crippen molar-refractivity contribution in [1.29, 1.82) is 0 Å². The van der Waals surface area contributed by atoms with E-state index < -0.39 is 0 Å². The van der Waals surface area contributed by atoms with E-state index in [-0.39, 0.29) is 0 Å². The van der Waals surface area contributed by atoms with Gasteiger partial charge in [0.2, 0.25) is 6.41 Å². The molecule has 0 saturated heterocycles. The maximum atomic E-state index is 10.0. The van der Waals surface area contributed by atoms with Crippen molar-refractivity contribution >= 4 is 12.1 Å². The van der Waals surface area contributed by atoms with Gasteiger partial charge in [-0.3, -0.25) is 9.78 Å². The lowest BCUT2D eigenvalue weighted by Gasteiger charge is -2.01. The second-order valence-corrected chi connectivity index (χ2v) is 2.39. The van der Waals surface area contributed by atoms with Gasteiger partial charge in [0.05, 0.1) is 11.9 Å². The Hall–Kier alpha value is -1.38. The summed E-state index contributed by atoms with van der Waals surface area (Å²) in [4.78, 5) is 14.1. The van der Waals surface area contributed by atoms with Crippen LogP contribution in [0.15, 0.2) is 12.3 Å². The number of amides is 1. The topological polar surface area (TPSA) is 42.0 Å². The van der Waals surface area contributed by atoms with Gasteiger partial charge >= 0.3 is 0 Å². The number of hydrogen-bond donors (Lipinski definition) is 1. The number of pyridine rings is 1. The number of aromatic nitrogens is 1. The molecular formula is C10H16N2O. The van der Waals surface area contributed by atoms with Crippen LogP contribution in [0.5, 0.6) is 0 Å². The third-order valence-electron chi connectivity index (χ3n) is 1.57. The average molecular weight is 180 g/mol. The molecule has 0 atom stereocenters.